The van der Waals surface area contributed by atoms with Crippen molar-refractivity contribution in [2.75, 3.05) is 5.32 Å². The Morgan fingerprint density at radius 2 is 2.00 bits per heavy atom. The van der Waals surface area contributed by atoms with E-state index >= 15 is 0 Å². The Bertz CT molecular complexity index is 1050. The summed E-state index contributed by atoms with van der Waals surface area (Å²) in [5.41, 5.74) is 0.773. The van der Waals surface area contributed by atoms with Crippen molar-refractivity contribution in [1.29, 1.82) is 0 Å². The van der Waals surface area contributed by atoms with Crippen LogP contribution >= 0.6 is 0 Å². The minimum atomic E-state index is -0.447. The van der Waals surface area contributed by atoms with E-state index in [1.54, 1.807) is 19.4 Å². The molecule has 0 saturated carbocycles. The molecule has 0 aromatic carbocycles. The highest BCUT2D eigenvalue weighted by Gasteiger charge is 2.11. The van der Waals surface area contributed by atoms with E-state index in [1.165, 1.54) is 23.9 Å². The Morgan fingerprint density at radius 1 is 1.20 bits per heavy atom. The van der Waals surface area contributed by atoms with Crippen LogP contribution in [-0.4, -0.2) is 25.0 Å². The third kappa shape index (κ3) is 3.32. The molecule has 1 amide bonds. The number of amides is 1. The summed E-state index contributed by atoms with van der Waals surface area (Å²) in [6.07, 6.45) is 5.68. The van der Waals surface area contributed by atoms with Gasteiger partial charge in [-0.15, -0.1) is 0 Å². The Morgan fingerprint density at radius 3 is 2.72 bits per heavy atom. The molecule has 3 heterocycles. The lowest BCUT2D eigenvalue weighted by Gasteiger charge is -2.09. The number of fused-ring (bicyclic) bond motifs is 1. The third-order valence-corrected chi connectivity index (χ3v) is 3.94. The molecule has 0 fully saturated rings. The van der Waals surface area contributed by atoms with Crippen molar-refractivity contribution in [3.8, 4) is 0 Å². The Kier molecular flexibility index (Phi) is 4.42. The fourth-order valence-electron chi connectivity index (χ4n) is 2.56. The predicted molar refractivity (Wildman–Crippen MR) is 93.4 cm³/mol. The molecule has 0 aliphatic rings. The Balaban J connectivity index is 1.81. The standard InChI is InChI=1S/C17H17N5O3/c1-21-15-13(16(24)22(2)17(21)25)8-12(10-19-15)20-14(23)6-5-11-4-3-7-18-9-11/h3-4,7-10H,5-6H2,1-2H3,(H,20,23). The zero-order valence-corrected chi connectivity index (χ0v) is 13.9. The summed E-state index contributed by atoms with van der Waals surface area (Å²) < 4.78 is 2.31. The van der Waals surface area contributed by atoms with Crippen LogP contribution in [0.1, 0.15) is 12.0 Å². The summed E-state index contributed by atoms with van der Waals surface area (Å²) in [6, 6.07) is 5.26. The average molecular weight is 339 g/mol. The maximum absolute atomic E-state index is 12.2. The Labute approximate surface area is 142 Å². The van der Waals surface area contributed by atoms with Crippen molar-refractivity contribution in [2.45, 2.75) is 12.8 Å². The van der Waals surface area contributed by atoms with Crippen LogP contribution < -0.4 is 16.6 Å². The van der Waals surface area contributed by atoms with Gasteiger partial charge in [0.05, 0.1) is 17.3 Å². The second-order valence-corrected chi connectivity index (χ2v) is 5.71. The van der Waals surface area contributed by atoms with E-state index in [1.807, 2.05) is 12.1 Å². The third-order valence-electron chi connectivity index (χ3n) is 3.94. The van der Waals surface area contributed by atoms with E-state index in [2.05, 4.69) is 15.3 Å². The number of pyridine rings is 2. The van der Waals surface area contributed by atoms with Crippen LogP contribution in [0, 0.1) is 0 Å². The molecule has 1 N–H and O–H groups in total. The van der Waals surface area contributed by atoms with Gasteiger partial charge >= 0.3 is 5.69 Å². The predicted octanol–water partition coefficient (Wildman–Crippen LogP) is 0.598. The van der Waals surface area contributed by atoms with Gasteiger partial charge in [-0.25, -0.2) is 9.78 Å². The number of carbonyl (C=O) groups is 1. The molecule has 25 heavy (non-hydrogen) atoms. The molecule has 8 heteroatoms. The smallest absolute Gasteiger partial charge is 0.325 e. The molecule has 0 aliphatic carbocycles. The van der Waals surface area contributed by atoms with Crippen LogP contribution in [0.5, 0.6) is 0 Å². The van der Waals surface area contributed by atoms with Crippen molar-refractivity contribution >= 4 is 22.6 Å². The monoisotopic (exact) mass is 339 g/mol. The van der Waals surface area contributed by atoms with E-state index < -0.39 is 11.2 Å². The fourth-order valence-corrected chi connectivity index (χ4v) is 2.56. The summed E-state index contributed by atoms with van der Waals surface area (Å²) in [5, 5.41) is 3.00. The molecular weight excluding hydrogens is 322 g/mol. The summed E-state index contributed by atoms with van der Waals surface area (Å²) in [7, 11) is 2.95. The van der Waals surface area contributed by atoms with Gasteiger partial charge in [-0.1, -0.05) is 6.07 Å². The molecule has 0 bridgehead atoms. The number of aryl methyl sites for hydroxylation is 2. The van der Waals surface area contributed by atoms with Crippen LogP contribution in [-0.2, 0) is 25.3 Å². The lowest BCUT2D eigenvalue weighted by atomic mass is 10.1. The van der Waals surface area contributed by atoms with E-state index in [0.717, 1.165) is 10.1 Å². The molecule has 128 valence electrons. The minimum Gasteiger partial charge on any atom is -0.325 e. The van der Waals surface area contributed by atoms with Crippen LogP contribution in [0.3, 0.4) is 0 Å². The van der Waals surface area contributed by atoms with Gasteiger partial charge in [-0.2, -0.15) is 0 Å². The van der Waals surface area contributed by atoms with E-state index in [0.29, 0.717) is 12.1 Å². The fraction of sp³-hybridized carbons (Fsp3) is 0.235. The molecule has 8 nitrogen and oxygen atoms in total. The van der Waals surface area contributed by atoms with Gasteiger partial charge in [0.2, 0.25) is 5.91 Å². The highest BCUT2D eigenvalue weighted by molar-refractivity contribution is 5.92. The molecule has 0 saturated heterocycles. The van der Waals surface area contributed by atoms with Gasteiger partial charge in [-0.05, 0) is 24.1 Å². The minimum absolute atomic E-state index is 0.188. The van der Waals surface area contributed by atoms with E-state index in [-0.39, 0.29) is 23.4 Å². The largest absolute Gasteiger partial charge is 0.332 e. The van der Waals surface area contributed by atoms with Crippen LogP contribution in [0.4, 0.5) is 5.69 Å². The summed E-state index contributed by atoms with van der Waals surface area (Å²) in [4.78, 5) is 44.4. The topological polar surface area (TPSA) is 98.9 Å². The zero-order chi connectivity index (χ0) is 18.0. The van der Waals surface area contributed by atoms with Crippen molar-refractivity contribution in [1.82, 2.24) is 19.1 Å². The number of aromatic nitrogens is 4. The van der Waals surface area contributed by atoms with Gasteiger partial charge in [0, 0.05) is 32.9 Å². The number of rotatable bonds is 4. The Hall–Kier alpha value is -3.29. The molecule has 0 spiro atoms. The molecule has 3 aromatic heterocycles. The molecule has 0 radical (unpaired) electrons. The highest BCUT2D eigenvalue weighted by atomic mass is 16.2. The molecule has 0 atom stereocenters. The van der Waals surface area contributed by atoms with Crippen LogP contribution in [0.2, 0.25) is 0 Å². The van der Waals surface area contributed by atoms with Crippen molar-refractivity contribution in [3.05, 3.63) is 63.2 Å². The van der Waals surface area contributed by atoms with Crippen LogP contribution in [0.15, 0.2) is 46.4 Å². The molecule has 3 aromatic rings. The van der Waals surface area contributed by atoms with Crippen molar-refractivity contribution < 1.29 is 4.79 Å². The SMILES string of the molecule is Cn1c(=O)c2cc(NC(=O)CCc3cccnc3)cnc2n(C)c1=O. The molecule has 0 aliphatic heterocycles. The summed E-state index contributed by atoms with van der Waals surface area (Å²) in [5.74, 6) is -0.188. The number of hydrogen-bond acceptors (Lipinski definition) is 5. The maximum atomic E-state index is 12.2. The highest BCUT2D eigenvalue weighted by Crippen LogP contribution is 2.12. The lowest BCUT2D eigenvalue weighted by molar-refractivity contribution is -0.116. The number of anilines is 1. The first-order valence-corrected chi connectivity index (χ1v) is 7.72. The van der Waals surface area contributed by atoms with Crippen molar-refractivity contribution in [2.24, 2.45) is 14.1 Å². The van der Waals surface area contributed by atoms with Crippen molar-refractivity contribution in [3.63, 3.8) is 0 Å². The first-order valence-electron chi connectivity index (χ1n) is 7.72. The molecular formula is C17H17N5O3. The number of carbonyl (C=O) groups excluding carboxylic acids is 1. The summed E-state index contributed by atoms with van der Waals surface area (Å²) in [6.45, 7) is 0. The normalized spacial score (nSPS) is 10.8. The first kappa shape index (κ1) is 16.6. The average Bonchev–Trinajstić information content (AvgIpc) is 2.64. The number of hydrogen-bond donors (Lipinski definition) is 1. The van der Waals surface area contributed by atoms with E-state index in [4.69, 9.17) is 0 Å². The summed E-state index contributed by atoms with van der Waals surface area (Å²) >= 11 is 0. The van der Waals surface area contributed by atoms with Gasteiger partial charge in [0.1, 0.15) is 5.65 Å². The first-order chi connectivity index (χ1) is 12.0. The van der Waals surface area contributed by atoms with Gasteiger partial charge in [-0.3, -0.25) is 23.7 Å². The number of nitrogens with one attached hydrogen (secondary N) is 1. The van der Waals surface area contributed by atoms with Crippen LogP contribution in [0.25, 0.3) is 11.0 Å². The zero-order valence-electron chi connectivity index (χ0n) is 13.9. The maximum Gasteiger partial charge on any atom is 0.332 e. The van der Waals surface area contributed by atoms with E-state index in [9.17, 15) is 14.4 Å². The van der Waals surface area contributed by atoms with Gasteiger partial charge < -0.3 is 5.32 Å². The van der Waals surface area contributed by atoms with Gasteiger partial charge in [0.25, 0.3) is 5.56 Å². The molecule has 3 rings (SSSR count). The second kappa shape index (κ2) is 6.68. The van der Waals surface area contributed by atoms with Gasteiger partial charge in [0.15, 0.2) is 0 Å². The quantitative estimate of drug-likeness (QED) is 0.750. The number of nitrogens with zero attached hydrogens (tertiary/aromatic N) is 4. The second-order valence-electron chi connectivity index (χ2n) is 5.71. The lowest BCUT2D eigenvalue weighted by Crippen LogP contribution is -2.37. The molecule has 0 unspecified atom stereocenters.